The number of unbranched alkanes of at least 4 members (excludes halogenated alkanes) is 7. The Kier molecular flexibility index (Phi) is 9.19. The molecule has 1 rings (SSSR count). The van der Waals surface area contributed by atoms with Crippen LogP contribution in [0.4, 0.5) is 0 Å². The molecule has 0 fully saturated rings. The number of benzene rings is 1. The van der Waals surface area contributed by atoms with Crippen LogP contribution in [0.3, 0.4) is 0 Å². The van der Waals surface area contributed by atoms with Crippen LogP contribution in [0.25, 0.3) is 0 Å². The van der Waals surface area contributed by atoms with E-state index < -0.39 is 0 Å². The fourth-order valence-corrected chi connectivity index (χ4v) is 2.65. The predicted molar refractivity (Wildman–Crippen MR) is 88.4 cm³/mol. The van der Waals surface area contributed by atoms with Crippen LogP contribution >= 0.6 is 0 Å². The van der Waals surface area contributed by atoms with Gasteiger partial charge in [-0.3, -0.25) is 0 Å². The van der Waals surface area contributed by atoms with Crippen molar-refractivity contribution in [3.05, 3.63) is 29.3 Å². The van der Waals surface area contributed by atoms with E-state index in [1.807, 2.05) is 6.07 Å². The summed E-state index contributed by atoms with van der Waals surface area (Å²) in [6.07, 6.45) is 14.0. The van der Waals surface area contributed by atoms with Crippen LogP contribution in [0.5, 0.6) is 5.75 Å². The summed E-state index contributed by atoms with van der Waals surface area (Å²) in [5, 5.41) is 9.85. The quantitative estimate of drug-likeness (QED) is 0.489. The number of hydrogen-bond acceptors (Lipinski definition) is 1. The van der Waals surface area contributed by atoms with E-state index in [-0.39, 0.29) is 0 Å². The Morgan fingerprint density at radius 3 is 2.10 bits per heavy atom. The van der Waals surface area contributed by atoms with Gasteiger partial charge in [0.25, 0.3) is 0 Å². The highest BCUT2D eigenvalue weighted by Gasteiger charge is 2.02. The predicted octanol–water partition coefficient (Wildman–Crippen LogP) is 6.03. The average Bonchev–Trinajstić information content (AvgIpc) is 2.46. The fraction of sp³-hybridized carbons (Fsp3) is 0.684. The van der Waals surface area contributed by atoms with Crippen LogP contribution in [0.2, 0.25) is 0 Å². The van der Waals surface area contributed by atoms with Crippen molar-refractivity contribution in [1.29, 1.82) is 0 Å². The van der Waals surface area contributed by atoms with Crippen molar-refractivity contribution in [2.75, 3.05) is 0 Å². The summed E-state index contributed by atoms with van der Waals surface area (Å²) in [5.74, 6) is 0.474. The molecule has 1 N–H and O–H groups in total. The highest BCUT2D eigenvalue weighted by molar-refractivity contribution is 5.36. The first-order valence-electron chi connectivity index (χ1n) is 8.58. The lowest BCUT2D eigenvalue weighted by Gasteiger charge is -2.08. The summed E-state index contributed by atoms with van der Waals surface area (Å²) in [6, 6.07) is 6.17. The fourth-order valence-electron chi connectivity index (χ4n) is 2.65. The lowest BCUT2D eigenvalue weighted by Crippen LogP contribution is -1.91. The molecule has 0 saturated carbocycles. The van der Waals surface area contributed by atoms with Crippen LogP contribution in [0.15, 0.2) is 18.2 Å². The minimum Gasteiger partial charge on any atom is -0.508 e. The number of rotatable bonds is 11. The maximum atomic E-state index is 9.85. The van der Waals surface area contributed by atoms with E-state index in [2.05, 4.69) is 26.0 Å². The van der Waals surface area contributed by atoms with Gasteiger partial charge in [0, 0.05) is 0 Å². The second kappa shape index (κ2) is 10.8. The number of aromatic hydroxyl groups is 1. The topological polar surface area (TPSA) is 20.2 Å². The van der Waals surface area contributed by atoms with Gasteiger partial charge in [-0.25, -0.2) is 0 Å². The summed E-state index contributed by atoms with van der Waals surface area (Å²) < 4.78 is 0. The molecule has 0 heterocycles. The normalized spacial score (nSPS) is 10.9. The van der Waals surface area contributed by atoms with Crippen LogP contribution in [0.1, 0.15) is 82.8 Å². The van der Waals surface area contributed by atoms with Crippen molar-refractivity contribution in [2.45, 2.75) is 84.5 Å². The first kappa shape index (κ1) is 17.1. The van der Waals surface area contributed by atoms with E-state index in [0.29, 0.717) is 5.75 Å². The van der Waals surface area contributed by atoms with Gasteiger partial charge >= 0.3 is 0 Å². The summed E-state index contributed by atoms with van der Waals surface area (Å²) in [5.41, 5.74) is 2.52. The molecule has 1 aromatic rings. The molecule has 0 aliphatic rings. The minimum absolute atomic E-state index is 0.474. The van der Waals surface area contributed by atoms with E-state index in [0.717, 1.165) is 24.8 Å². The molecule has 114 valence electrons. The lowest BCUT2D eigenvalue weighted by atomic mass is 10.00. The van der Waals surface area contributed by atoms with Crippen LogP contribution < -0.4 is 0 Å². The Bertz CT molecular complexity index is 357. The Labute approximate surface area is 125 Å². The van der Waals surface area contributed by atoms with Crippen molar-refractivity contribution in [3.8, 4) is 5.75 Å². The number of phenols is 1. The van der Waals surface area contributed by atoms with E-state index in [1.54, 1.807) is 0 Å². The minimum atomic E-state index is 0.474. The van der Waals surface area contributed by atoms with E-state index in [4.69, 9.17) is 0 Å². The van der Waals surface area contributed by atoms with E-state index >= 15 is 0 Å². The Morgan fingerprint density at radius 2 is 1.40 bits per heavy atom. The third-order valence-corrected chi connectivity index (χ3v) is 4.01. The number of phenolic OH excluding ortho intramolecular Hbond substituents is 1. The molecular weight excluding hydrogens is 244 g/mol. The maximum absolute atomic E-state index is 9.85. The third kappa shape index (κ3) is 6.98. The number of hydrogen-bond donors (Lipinski definition) is 1. The second-order valence-electron chi connectivity index (χ2n) is 5.94. The molecule has 1 heteroatoms. The molecule has 0 aliphatic carbocycles. The monoisotopic (exact) mass is 276 g/mol. The van der Waals surface area contributed by atoms with Crippen molar-refractivity contribution >= 4 is 0 Å². The maximum Gasteiger partial charge on any atom is 0.118 e. The van der Waals surface area contributed by atoms with E-state index in [1.165, 1.54) is 56.9 Å². The molecule has 1 nitrogen and oxygen atoms in total. The molecule has 0 aromatic heterocycles. The third-order valence-electron chi connectivity index (χ3n) is 4.01. The molecule has 0 saturated heterocycles. The average molecular weight is 276 g/mol. The van der Waals surface area contributed by atoms with Gasteiger partial charge in [-0.05, 0) is 42.9 Å². The summed E-state index contributed by atoms with van der Waals surface area (Å²) in [7, 11) is 0. The summed E-state index contributed by atoms with van der Waals surface area (Å²) in [6.45, 7) is 4.46. The summed E-state index contributed by atoms with van der Waals surface area (Å²) in [4.78, 5) is 0. The molecule has 0 aliphatic heterocycles. The van der Waals surface area contributed by atoms with Gasteiger partial charge in [-0.1, -0.05) is 70.9 Å². The van der Waals surface area contributed by atoms with Crippen molar-refractivity contribution in [2.24, 2.45) is 0 Å². The molecule has 0 amide bonds. The standard InChI is InChI=1S/C19H32O/c1-3-5-7-8-9-10-11-12-17-14-15-19(20)18(16-17)13-6-4-2/h14-16,20H,3-13H2,1-2H3. The molecule has 0 atom stereocenters. The molecule has 0 unspecified atom stereocenters. The van der Waals surface area contributed by atoms with Gasteiger partial charge in [0.15, 0.2) is 0 Å². The molecule has 1 aromatic carbocycles. The SMILES string of the molecule is CCCCCCCCCc1ccc(O)c(CCCC)c1. The lowest BCUT2D eigenvalue weighted by molar-refractivity contribution is 0.466. The molecule has 0 radical (unpaired) electrons. The van der Waals surface area contributed by atoms with Crippen molar-refractivity contribution in [1.82, 2.24) is 0 Å². The Balaban J connectivity index is 2.26. The first-order chi connectivity index (χ1) is 9.77. The van der Waals surface area contributed by atoms with Crippen molar-refractivity contribution in [3.63, 3.8) is 0 Å². The molecule has 20 heavy (non-hydrogen) atoms. The van der Waals surface area contributed by atoms with Crippen molar-refractivity contribution < 1.29 is 5.11 Å². The Hall–Kier alpha value is -0.980. The zero-order valence-corrected chi connectivity index (χ0v) is 13.5. The second-order valence-corrected chi connectivity index (χ2v) is 5.94. The van der Waals surface area contributed by atoms with Crippen LogP contribution in [0, 0.1) is 0 Å². The smallest absolute Gasteiger partial charge is 0.118 e. The molecular formula is C19H32O. The molecule has 0 bridgehead atoms. The van der Waals surface area contributed by atoms with Crippen LogP contribution in [-0.4, -0.2) is 5.11 Å². The largest absolute Gasteiger partial charge is 0.508 e. The van der Waals surface area contributed by atoms with Gasteiger partial charge in [0.2, 0.25) is 0 Å². The first-order valence-corrected chi connectivity index (χ1v) is 8.58. The van der Waals surface area contributed by atoms with Gasteiger partial charge < -0.3 is 5.11 Å². The van der Waals surface area contributed by atoms with Gasteiger partial charge in [-0.2, -0.15) is 0 Å². The Morgan fingerprint density at radius 1 is 0.750 bits per heavy atom. The number of aryl methyl sites for hydroxylation is 2. The van der Waals surface area contributed by atoms with Crippen LogP contribution in [-0.2, 0) is 12.8 Å². The zero-order chi connectivity index (χ0) is 14.6. The van der Waals surface area contributed by atoms with Gasteiger partial charge in [0.05, 0.1) is 0 Å². The highest BCUT2D eigenvalue weighted by atomic mass is 16.3. The summed E-state index contributed by atoms with van der Waals surface area (Å²) >= 11 is 0. The molecule has 0 spiro atoms. The van der Waals surface area contributed by atoms with Gasteiger partial charge in [-0.15, -0.1) is 0 Å². The van der Waals surface area contributed by atoms with Gasteiger partial charge in [0.1, 0.15) is 5.75 Å². The highest BCUT2D eigenvalue weighted by Crippen LogP contribution is 2.22. The van der Waals surface area contributed by atoms with E-state index in [9.17, 15) is 5.11 Å². The zero-order valence-electron chi connectivity index (χ0n) is 13.5.